The molecule has 0 aliphatic rings. The highest BCUT2D eigenvalue weighted by atomic mass is 31.2. The molecule has 296 valence electrons. The molecule has 0 aliphatic carbocycles. The first-order valence-electron chi connectivity index (χ1n) is 19.9. The molecule has 8 nitrogen and oxygen atoms in total. The molecule has 0 aromatic carbocycles. The van der Waals surface area contributed by atoms with Gasteiger partial charge in [0.1, 0.15) is 6.61 Å². The van der Waals surface area contributed by atoms with Gasteiger partial charge in [-0.1, -0.05) is 131 Å². The van der Waals surface area contributed by atoms with E-state index in [0.29, 0.717) is 12.8 Å². The van der Waals surface area contributed by atoms with Crippen molar-refractivity contribution in [2.45, 2.75) is 161 Å². The van der Waals surface area contributed by atoms with E-state index >= 15 is 0 Å². The number of rotatable bonds is 35. The molecule has 0 rings (SSSR count). The number of carbonyl (C=O) groups excluding carboxylic acids is 2. The third kappa shape index (κ3) is 40.0. The van der Waals surface area contributed by atoms with Crippen molar-refractivity contribution in [3.05, 3.63) is 85.1 Å². The zero-order valence-electron chi connectivity index (χ0n) is 32.4. The molecule has 0 bridgehead atoms. The zero-order valence-corrected chi connectivity index (χ0v) is 33.3. The summed E-state index contributed by atoms with van der Waals surface area (Å²) in [7, 11) is -4.78. The number of phosphoric acid groups is 1. The van der Waals surface area contributed by atoms with Crippen LogP contribution in [0.3, 0.4) is 0 Å². The van der Waals surface area contributed by atoms with Crippen LogP contribution in [-0.4, -0.2) is 41.0 Å². The van der Waals surface area contributed by atoms with Crippen LogP contribution in [0.15, 0.2) is 85.1 Å². The van der Waals surface area contributed by atoms with E-state index in [1.165, 1.54) is 44.9 Å². The number of esters is 2. The van der Waals surface area contributed by atoms with Crippen LogP contribution in [0, 0.1) is 0 Å². The van der Waals surface area contributed by atoms with Crippen molar-refractivity contribution in [2.75, 3.05) is 13.2 Å². The van der Waals surface area contributed by atoms with Crippen LogP contribution in [0.5, 0.6) is 0 Å². The van der Waals surface area contributed by atoms with Gasteiger partial charge in [-0.3, -0.25) is 14.1 Å². The van der Waals surface area contributed by atoms with E-state index < -0.39 is 32.5 Å². The van der Waals surface area contributed by atoms with Crippen molar-refractivity contribution >= 4 is 19.8 Å². The molecule has 0 aromatic heterocycles. The van der Waals surface area contributed by atoms with Gasteiger partial charge in [0.15, 0.2) is 6.10 Å². The van der Waals surface area contributed by atoms with Gasteiger partial charge in [-0.15, -0.1) is 0 Å². The van der Waals surface area contributed by atoms with Crippen molar-refractivity contribution in [3.63, 3.8) is 0 Å². The zero-order chi connectivity index (χ0) is 38.2. The van der Waals surface area contributed by atoms with Crippen LogP contribution in [0.1, 0.15) is 155 Å². The number of carbonyl (C=O) groups is 2. The Bertz CT molecular complexity index is 1110. The topological polar surface area (TPSA) is 119 Å². The lowest BCUT2D eigenvalue weighted by Crippen LogP contribution is -2.29. The van der Waals surface area contributed by atoms with Crippen molar-refractivity contribution < 1.29 is 37.9 Å². The van der Waals surface area contributed by atoms with Crippen molar-refractivity contribution in [3.8, 4) is 0 Å². The fourth-order valence-corrected chi connectivity index (χ4v) is 5.25. The van der Waals surface area contributed by atoms with Crippen molar-refractivity contribution in [2.24, 2.45) is 0 Å². The summed E-state index contributed by atoms with van der Waals surface area (Å²) in [5.41, 5.74) is 0. The van der Waals surface area contributed by atoms with E-state index in [0.717, 1.165) is 70.6 Å². The Morgan fingerprint density at radius 1 is 0.500 bits per heavy atom. The predicted octanol–water partition coefficient (Wildman–Crippen LogP) is 12.1. The quantitative estimate of drug-likeness (QED) is 0.0285. The smallest absolute Gasteiger partial charge is 0.462 e. The van der Waals surface area contributed by atoms with E-state index in [1.54, 1.807) is 0 Å². The van der Waals surface area contributed by atoms with Crippen LogP contribution in [0.4, 0.5) is 0 Å². The minimum Gasteiger partial charge on any atom is -0.462 e. The summed E-state index contributed by atoms with van der Waals surface area (Å²) in [6.45, 7) is 3.55. The summed E-state index contributed by atoms with van der Waals surface area (Å²) in [5, 5.41) is 0. The van der Waals surface area contributed by atoms with E-state index in [2.05, 4.69) is 103 Å². The number of ether oxygens (including phenoxy) is 2. The number of allylic oxidation sites excluding steroid dienone is 14. The van der Waals surface area contributed by atoms with Crippen molar-refractivity contribution in [1.82, 2.24) is 0 Å². The summed E-state index contributed by atoms with van der Waals surface area (Å²) in [6, 6.07) is 0. The maximum Gasteiger partial charge on any atom is 0.469 e. The molecule has 52 heavy (non-hydrogen) atoms. The Hall–Kier alpha value is -2.77. The maximum absolute atomic E-state index is 12.4. The van der Waals surface area contributed by atoms with E-state index in [4.69, 9.17) is 19.3 Å². The van der Waals surface area contributed by atoms with Crippen molar-refractivity contribution in [1.29, 1.82) is 0 Å². The van der Waals surface area contributed by atoms with Crippen LogP contribution >= 0.6 is 7.82 Å². The number of hydrogen-bond acceptors (Lipinski definition) is 6. The van der Waals surface area contributed by atoms with Crippen LogP contribution in [-0.2, 0) is 28.2 Å². The molecule has 0 amide bonds. The van der Waals surface area contributed by atoms with Gasteiger partial charge in [-0.2, -0.15) is 0 Å². The molecule has 9 heteroatoms. The molecule has 0 unspecified atom stereocenters. The molecule has 1 atom stereocenters. The molecule has 0 saturated heterocycles. The third-order valence-corrected chi connectivity index (χ3v) is 8.37. The largest absolute Gasteiger partial charge is 0.469 e. The molecular weight excluding hydrogens is 675 g/mol. The second kappa shape index (κ2) is 38.0. The summed E-state index contributed by atoms with van der Waals surface area (Å²) in [5.74, 6) is -0.975. The SMILES string of the molecule is CCCCC/C=C\C/C=C\C/C=C\C/C=C\CCCCCC(=O)O[C@H](COC(=O)CCCC/C=C\C/C=C\C/C=C\CCCCC)COP(=O)(O)O. The minimum atomic E-state index is -4.78. The van der Waals surface area contributed by atoms with Gasteiger partial charge >= 0.3 is 19.8 Å². The van der Waals surface area contributed by atoms with E-state index in [9.17, 15) is 14.2 Å². The highest BCUT2D eigenvalue weighted by Gasteiger charge is 2.22. The van der Waals surface area contributed by atoms with E-state index in [1.807, 2.05) is 0 Å². The lowest BCUT2D eigenvalue weighted by Gasteiger charge is -2.18. The van der Waals surface area contributed by atoms with Crippen LogP contribution in [0.2, 0.25) is 0 Å². The van der Waals surface area contributed by atoms with Gasteiger partial charge in [-0.25, -0.2) is 4.57 Å². The third-order valence-electron chi connectivity index (χ3n) is 7.89. The Balaban J connectivity index is 4.11. The standard InChI is InChI=1S/C43H71O8P/c1-3-5-7-9-11-13-15-17-19-20-21-22-24-26-28-30-32-34-36-38-43(45)51-41(40-50-52(46,47)48)39-49-42(44)37-35-33-31-29-27-25-23-18-16-14-12-10-8-6-4-2/h11-14,17-19,21-23,26-29,41H,3-10,15-16,20,24-25,30-40H2,1-2H3,(H2,46,47,48)/b13-11-,14-12-,19-17-,22-21-,23-18-,28-26-,29-27-/t41-/m1/s1. The van der Waals surface area contributed by atoms with Gasteiger partial charge in [0, 0.05) is 12.8 Å². The number of phosphoric ester groups is 1. The lowest BCUT2D eigenvalue weighted by molar-refractivity contribution is -0.161. The van der Waals surface area contributed by atoms with Crippen LogP contribution in [0.25, 0.3) is 0 Å². The van der Waals surface area contributed by atoms with Gasteiger partial charge in [0.2, 0.25) is 0 Å². The molecule has 0 fully saturated rings. The highest BCUT2D eigenvalue weighted by molar-refractivity contribution is 7.46. The summed E-state index contributed by atoms with van der Waals surface area (Å²) < 4.78 is 26.3. The maximum atomic E-state index is 12.4. The second-order valence-corrected chi connectivity index (χ2v) is 14.1. The monoisotopic (exact) mass is 746 g/mol. The van der Waals surface area contributed by atoms with Gasteiger partial charge < -0.3 is 19.3 Å². The first kappa shape index (κ1) is 49.2. The second-order valence-electron chi connectivity index (χ2n) is 12.9. The average Bonchev–Trinajstić information content (AvgIpc) is 3.11. The minimum absolute atomic E-state index is 0.161. The Labute approximate surface area is 316 Å². The molecule has 0 heterocycles. The summed E-state index contributed by atoms with van der Waals surface area (Å²) in [6.07, 6.45) is 50.1. The highest BCUT2D eigenvalue weighted by Crippen LogP contribution is 2.36. The fourth-order valence-electron chi connectivity index (χ4n) is 4.89. The predicted molar refractivity (Wildman–Crippen MR) is 216 cm³/mol. The lowest BCUT2D eigenvalue weighted by atomic mass is 10.1. The number of unbranched alkanes of at least 4 members (excludes halogenated alkanes) is 11. The summed E-state index contributed by atoms with van der Waals surface area (Å²) in [4.78, 5) is 42.8. The van der Waals surface area contributed by atoms with Gasteiger partial charge in [-0.05, 0) is 96.3 Å². The molecule has 0 aliphatic heterocycles. The molecular formula is C43H71O8P. The molecule has 0 saturated carbocycles. The first-order chi connectivity index (χ1) is 25.3. The Morgan fingerprint density at radius 2 is 0.865 bits per heavy atom. The van der Waals surface area contributed by atoms with E-state index in [-0.39, 0.29) is 19.4 Å². The van der Waals surface area contributed by atoms with Gasteiger partial charge in [0.05, 0.1) is 6.61 Å². The van der Waals surface area contributed by atoms with Crippen LogP contribution < -0.4 is 0 Å². The molecule has 2 N–H and O–H groups in total. The Kier molecular flexibility index (Phi) is 35.9. The number of hydrogen-bond donors (Lipinski definition) is 2. The Morgan fingerprint density at radius 3 is 1.29 bits per heavy atom. The van der Waals surface area contributed by atoms with Gasteiger partial charge in [0.25, 0.3) is 0 Å². The molecule has 0 radical (unpaired) electrons. The first-order valence-corrected chi connectivity index (χ1v) is 21.4. The summed E-state index contributed by atoms with van der Waals surface area (Å²) >= 11 is 0. The molecule has 0 aromatic rings. The average molecular weight is 747 g/mol. The normalized spacial score (nSPS) is 13.4. The molecule has 0 spiro atoms. The fraction of sp³-hybridized carbons (Fsp3) is 0.628.